The number of hydrogen-bond donors (Lipinski definition) is 1. The maximum Gasteiger partial charge on any atom is 0.340 e. The Hall–Kier alpha value is -2.02. The third-order valence-electron chi connectivity index (χ3n) is 1.96. The molecule has 0 fully saturated rings. The first-order chi connectivity index (χ1) is 8.70. The van der Waals surface area contributed by atoms with E-state index in [9.17, 15) is 4.79 Å². The van der Waals surface area contributed by atoms with Gasteiger partial charge in [-0.25, -0.2) is 14.8 Å². The summed E-state index contributed by atoms with van der Waals surface area (Å²) in [5.74, 6) is -0.466. The quantitative estimate of drug-likeness (QED) is 0.845. The van der Waals surface area contributed by atoms with Crippen LogP contribution in [0.5, 0.6) is 0 Å². The number of oxazole rings is 1. The van der Waals surface area contributed by atoms with Gasteiger partial charge in [0.05, 0.1) is 30.3 Å². The molecule has 2 N–H and O–H groups in total. The molecule has 0 atom stereocenters. The first-order valence-corrected chi connectivity index (χ1v) is 6.02. The lowest BCUT2D eigenvalue weighted by Gasteiger charge is -2.06. The predicted molar refractivity (Wildman–Crippen MR) is 65.2 cm³/mol. The summed E-state index contributed by atoms with van der Waals surface area (Å²) in [7, 11) is 0. The minimum absolute atomic E-state index is 0.288. The zero-order valence-electron chi connectivity index (χ0n) is 9.62. The van der Waals surface area contributed by atoms with Crippen LogP contribution < -0.4 is 5.73 Å². The van der Waals surface area contributed by atoms with Gasteiger partial charge in [-0.3, -0.25) is 0 Å². The summed E-state index contributed by atoms with van der Waals surface area (Å²) in [6.07, 6.45) is 4.43. The highest BCUT2D eigenvalue weighted by molar-refractivity contribution is 7.99. The predicted octanol–water partition coefficient (Wildman–Crippen LogP) is 1.98. The lowest BCUT2D eigenvalue weighted by Crippen LogP contribution is -2.08. The van der Waals surface area contributed by atoms with Crippen molar-refractivity contribution < 1.29 is 13.9 Å². The van der Waals surface area contributed by atoms with Crippen molar-refractivity contribution in [2.45, 2.75) is 17.2 Å². The second-order valence-corrected chi connectivity index (χ2v) is 4.18. The summed E-state index contributed by atoms with van der Waals surface area (Å²) < 4.78 is 10.0. The SMILES string of the molecule is CCOC(=O)c1cc(N)cnc1Sc1ncco1. The smallest absolute Gasteiger partial charge is 0.340 e. The van der Waals surface area contributed by atoms with Gasteiger partial charge in [-0.15, -0.1) is 0 Å². The molecule has 0 radical (unpaired) electrons. The highest BCUT2D eigenvalue weighted by atomic mass is 32.2. The fourth-order valence-corrected chi connectivity index (χ4v) is 1.99. The highest BCUT2D eigenvalue weighted by Crippen LogP contribution is 2.28. The minimum atomic E-state index is -0.466. The Labute approximate surface area is 108 Å². The van der Waals surface area contributed by atoms with Crippen LogP contribution in [0.3, 0.4) is 0 Å². The van der Waals surface area contributed by atoms with Gasteiger partial charge in [0.15, 0.2) is 0 Å². The summed E-state index contributed by atoms with van der Waals surface area (Å²) in [5, 5.41) is 0.850. The molecule has 0 aromatic carbocycles. The van der Waals surface area contributed by atoms with Crippen LogP contribution in [0, 0.1) is 0 Å². The molecule has 0 saturated heterocycles. The van der Waals surface area contributed by atoms with Crippen molar-refractivity contribution in [3.05, 3.63) is 30.3 Å². The molecule has 7 heteroatoms. The fourth-order valence-electron chi connectivity index (χ4n) is 1.25. The van der Waals surface area contributed by atoms with Crippen molar-refractivity contribution in [1.29, 1.82) is 0 Å². The number of carbonyl (C=O) groups excluding carboxylic acids is 1. The van der Waals surface area contributed by atoms with Gasteiger partial charge in [-0.1, -0.05) is 0 Å². The third kappa shape index (κ3) is 2.80. The lowest BCUT2D eigenvalue weighted by molar-refractivity contribution is 0.0521. The second kappa shape index (κ2) is 5.54. The number of hydrogen-bond acceptors (Lipinski definition) is 7. The first kappa shape index (κ1) is 12.4. The van der Waals surface area contributed by atoms with Crippen LogP contribution in [0.4, 0.5) is 5.69 Å². The number of pyridine rings is 1. The van der Waals surface area contributed by atoms with Crippen LogP contribution in [0.1, 0.15) is 17.3 Å². The molecule has 0 saturated carbocycles. The summed E-state index contributed by atoms with van der Waals surface area (Å²) >= 11 is 1.14. The highest BCUT2D eigenvalue weighted by Gasteiger charge is 2.17. The number of nitrogens with two attached hydrogens (primary N) is 1. The summed E-state index contributed by atoms with van der Waals surface area (Å²) in [6, 6.07) is 1.52. The summed E-state index contributed by atoms with van der Waals surface area (Å²) in [5.41, 5.74) is 6.32. The second-order valence-electron chi connectivity index (χ2n) is 3.24. The van der Waals surface area contributed by atoms with E-state index in [0.717, 1.165) is 11.8 Å². The van der Waals surface area contributed by atoms with Gasteiger partial charge in [0, 0.05) is 0 Å². The van der Waals surface area contributed by atoms with Gasteiger partial charge in [-0.2, -0.15) is 0 Å². The van der Waals surface area contributed by atoms with Crippen LogP contribution in [0.2, 0.25) is 0 Å². The Balaban J connectivity index is 2.31. The maximum absolute atomic E-state index is 11.8. The molecule has 0 aliphatic carbocycles. The Morgan fingerprint density at radius 1 is 1.56 bits per heavy atom. The number of anilines is 1. The average Bonchev–Trinajstić information content (AvgIpc) is 2.84. The molecule has 94 valence electrons. The van der Waals surface area contributed by atoms with Crippen molar-refractivity contribution in [2.75, 3.05) is 12.3 Å². The van der Waals surface area contributed by atoms with Gasteiger partial charge in [0.25, 0.3) is 5.22 Å². The number of aromatic nitrogens is 2. The van der Waals surface area contributed by atoms with Crippen molar-refractivity contribution in [3.63, 3.8) is 0 Å². The van der Waals surface area contributed by atoms with E-state index in [1.54, 1.807) is 6.92 Å². The van der Waals surface area contributed by atoms with E-state index in [2.05, 4.69) is 9.97 Å². The molecular weight excluding hydrogens is 254 g/mol. The molecule has 0 unspecified atom stereocenters. The van der Waals surface area contributed by atoms with Gasteiger partial charge in [0.2, 0.25) is 0 Å². The molecule has 18 heavy (non-hydrogen) atoms. The van der Waals surface area contributed by atoms with Crippen LogP contribution in [-0.2, 0) is 4.74 Å². The molecule has 0 bridgehead atoms. The van der Waals surface area contributed by atoms with Gasteiger partial charge >= 0.3 is 5.97 Å². The topological polar surface area (TPSA) is 91.2 Å². The molecule has 0 aliphatic heterocycles. The zero-order chi connectivity index (χ0) is 13.0. The number of ether oxygens (including phenoxy) is 1. The first-order valence-electron chi connectivity index (χ1n) is 5.20. The van der Waals surface area contributed by atoms with Crippen LogP contribution in [0.15, 0.2) is 39.4 Å². The normalized spacial score (nSPS) is 10.3. The van der Waals surface area contributed by atoms with Gasteiger partial charge in [0.1, 0.15) is 11.3 Å². The van der Waals surface area contributed by atoms with E-state index in [4.69, 9.17) is 14.9 Å². The Morgan fingerprint density at radius 3 is 3.06 bits per heavy atom. The molecular formula is C11H11N3O3S. The Kier molecular flexibility index (Phi) is 3.83. The largest absolute Gasteiger partial charge is 0.462 e. The number of carbonyl (C=O) groups is 1. The lowest BCUT2D eigenvalue weighted by atomic mass is 10.3. The third-order valence-corrected chi connectivity index (χ3v) is 2.86. The molecule has 2 rings (SSSR count). The molecule has 6 nitrogen and oxygen atoms in total. The van der Waals surface area contributed by atoms with E-state index in [0.29, 0.717) is 21.5 Å². The van der Waals surface area contributed by atoms with Crippen molar-refractivity contribution in [2.24, 2.45) is 0 Å². The molecule has 2 heterocycles. The number of nitrogen functional groups attached to an aromatic ring is 1. The van der Waals surface area contributed by atoms with E-state index >= 15 is 0 Å². The average molecular weight is 265 g/mol. The molecule has 2 aromatic rings. The summed E-state index contributed by atoms with van der Waals surface area (Å²) in [6.45, 7) is 2.02. The number of rotatable bonds is 4. The van der Waals surface area contributed by atoms with Crippen molar-refractivity contribution >= 4 is 23.4 Å². The van der Waals surface area contributed by atoms with E-state index < -0.39 is 5.97 Å². The van der Waals surface area contributed by atoms with Crippen molar-refractivity contribution in [1.82, 2.24) is 9.97 Å². The molecule has 0 aliphatic rings. The zero-order valence-corrected chi connectivity index (χ0v) is 10.4. The molecule has 2 aromatic heterocycles. The van der Waals surface area contributed by atoms with E-state index in [-0.39, 0.29) is 6.61 Å². The van der Waals surface area contributed by atoms with Gasteiger partial charge in [-0.05, 0) is 24.8 Å². The Morgan fingerprint density at radius 2 is 2.39 bits per heavy atom. The minimum Gasteiger partial charge on any atom is -0.462 e. The van der Waals surface area contributed by atoms with Crippen LogP contribution >= 0.6 is 11.8 Å². The fraction of sp³-hybridized carbons (Fsp3) is 0.182. The molecule has 0 spiro atoms. The monoisotopic (exact) mass is 265 g/mol. The number of esters is 1. The van der Waals surface area contributed by atoms with Crippen LogP contribution in [-0.4, -0.2) is 22.5 Å². The summed E-state index contributed by atoms with van der Waals surface area (Å²) in [4.78, 5) is 19.8. The van der Waals surface area contributed by atoms with Gasteiger partial charge < -0.3 is 14.9 Å². The van der Waals surface area contributed by atoms with E-state index in [1.807, 2.05) is 0 Å². The maximum atomic E-state index is 11.8. The Bertz CT molecular complexity index is 542. The number of nitrogens with zero attached hydrogens (tertiary/aromatic N) is 2. The van der Waals surface area contributed by atoms with E-state index in [1.165, 1.54) is 24.7 Å². The standard InChI is InChI=1S/C11H11N3O3S/c1-2-16-10(15)8-5-7(12)6-14-9(8)18-11-13-3-4-17-11/h3-6H,2,12H2,1H3. The molecule has 0 amide bonds. The van der Waals surface area contributed by atoms with Crippen molar-refractivity contribution in [3.8, 4) is 0 Å². The van der Waals surface area contributed by atoms with Crippen LogP contribution in [0.25, 0.3) is 0 Å².